The Morgan fingerprint density at radius 2 is 2.08 bits per heavy atom. The first kappa shape index (κ1) is 8.75. The van der Waals surface area contributed by atoms with Crippen LogP contribution >= 0.6 is 0 Å². The van der Waals surface area contributed by atoms with Crippen molar-refractivity contribution in [3.8, 4) is 0 Å². The highest BCUT2D eigenvalue weighted by Gasteiger charge is 2.30. The Balaban J connectivity index is 2.00. The number of nitrogens with zero attached hydrogens (tertiary/aromatic N) is 1. The lowest BCUT2D eigenvalue weighted by Crippen LogP contribution is -2.43. The Kier molecular flexibility index (Phi) is 2.36. The maximum Gasteiger partial charge on any atom is 0.249 e. The molecule has 0 unspecified atom stereocenters. The molecule has 1 N–H and O–H groups in total. The fourth-order valence-corrected chi connectivity index (χ4v) is 2.13. The van der Waals surface area contributed by atoms with Crippen molar-refractivity contribution < 1.29 is 4.79 Å². The SMILES string of the molecule is C=C1CCN(C2CCNCC2)C1=O. The molecule has 2 rings (SSSR count). The van der Waals surface area contributed by atoms with Crippen LogP contribution in [0.3, 0.4) is 0 Å². The normalized spacial score (nSPS) is 25.7. The number of likely N-dealkylation sites (tertiary alicyclic amines) is 1. The molecule has 2 fully saturated rings. The molecule has 0 radical (unpaired) electrons. The molecule has 2 aliphatic rings. The van der Waals surface area contributed by atoms with E-state index in [9.17, 15) is 4.79 Å². The summed E-state index contributed by atoms with van der Waals surface area (Å²) in [5.41, 5.74) is 0.790. The highest BCUT2D eigenvalue weighted by atomic mass is 16.2. The Morgan fingerprint density at radius 3 is 2.62 bits per heavy atom. The summed E-state index contributed by atoms with van der Waals surface area (Å²) in [6.07, 6.45) is 3.06. The fraction of sp³-hybridized carbons (Fsp3) is 0.700. The molecule has 0 bridgehead atoms. The van der Waals surface area contributed by atoms with Gasteiger partial charge >= 0.3 is 0 Å². The number of hydrogen-bond donors (Lipinski definition) is 1. The van der Waals surface area contributed by atoms with Gasteiger partial charge in [0.1, 0.15) is 0 Å². The van der Waals surface area contributed by atoms with E-state index < -0.39 is 0 Å². The molecule has 0 spiro atoms. The summed E-state index contributed by atoms with van der Waals surface area (Å²) in [7, 11) is 0. The fourth-order valence-electron chi connectivity index (χ4n) is 2.13. The quantitative estimate of drug-likeness (QED) is 0.597. The number of rotatable bonds is 1. The second kappa shape index (κ2) is 3.50. The molecule has 2 saturated heterocycles. The lowest BCUT2D eigenvalue weighted by atomic mass is 10.1. The van der Waals surface area contributed by atoms with Gasteiger partial charge in [-0.3, -0.25) is 4.79 Å². The molecule has 1 amide bonds. The van der Waals surface area contributed by atoms with Gasteiger partial charge in [0.15, 0.2) is 0 Å². The molecule has 72 valence electrons. The van der Waals surface area contributed by atoms with E-state index in [1.807, 2.05) is 4.90 Å². The number of carbonyl (C=O) groups is 1. The van der Waals surface area contributed by atoms with Crippen molar-refractivity contribution in [2.45, 2.75) is 25.3 Å². The van der Waals surface area contributed by atoms with Crippen LogP contribution in [0.4, 0.5) is 0 Å². The van der Waals surface area contributed by atoms with Crippen molar-refractivity contribution in [3.05, 3.63) is 12.2 Å². The summed E-state index contributed by atoms with van der Waals surface area (Å²) in [4.78, 5) is 13.6. The molecule has 0 aromatic rings. The first-order chi connectivity index (χ1) is 6.29. The molecule has 3 nitrogen and oxygen atoms in total. The van der Waals surface area contributed by atoms with E-state index in [-0.39, 0.29) is 5.91 Å². The van der Waals surface area contributed by atoms with Gasteiger partial charge in [-0.25, -0.2) is 0 Å². The van der Waals surface area contributed by atoms with Crippen LogP contribution in [0, 0.1) is 0 Å². The molecule has 3 heteroatoms. The summed E-state index contributed by atoms with van der Waals surface area (Å²) in [6.45, 7) is 6.75. The van der Waals surface area contributed by atoms with Crippen molar-refractivity contribution in [2.75, 3.05) is 19.6 Å². The van der Waals surface area contributed by atoms with Gasteiger partial charge in [0.2, 0.25) is 5.91 Å². The number of hydrogen-bond acceptors (Lipinski definition) is 2. The van der Waals surface area contributed by atoms with Crippen molar-refractivity contribution in [2.24, 2.45) is 0 Å². The largest absolute Gasteiger partial charge is 0.336 e. The van der Waals surface area contributed by atoms with E-state index in [2.05, 4.69) is 11.9 Å². The highest BCUT2D eigenvalue weighted by Crippen LogP contribution is 2.21. The van der Waals surface area contributed by atoms with Crippen molar-refractivity contribution >= 4 is 5.91 Å². The first-order valence-electron chi connectivity index (χ1n) is 4.98. The zero-order chi connectivity index (χ0) is 9.26. The molecular formula is C10H16N2O. The van der Waals surface area contributed by atoms with Crippen molar-refractivity contribution in [3.63, 3.8) is 0 Å². The zero-order valence-corrected chi connectivity index (χ0v) is 7.88. The van der Waals surface area contributed by atoms with E-state index >= 15 is 0 Å². The van der Waals surface area contributed by atoms with Crippen molar-refractivity contribution in [1.82, 2.24) is 10.2 Å². The van der Waals surface area contributed by atoms with Crippen molar-refractivity contribution in [1.29, 1.82) is 0 Å². The van der Waals surface area contributed by atoms with Crippen LogP contribution in [0.15, 0.2) is 12.2 Å². The van der Waals surface area contributed by atoms with Crippen LogP contribution in [0.2, 0.25) is 0 Å². The molecule has 0 saturated carbocycles. The van der Waals surface area contributed by atoms with Gasteiger partial charge in [-0.15, -0.1) is 0 Å². The van der Waals surface area contributed by atoms with Crippen LogP contribution < -0.4 is 5.32 Å². The molecule has 2 heterocycles. The third kappa shape index (κ3) is 1.61. The van der Waals surface area contributed by atoms with Crippen LogP contribution in [-0.2, 0) is 4.79 Å². The third-order valence-corrected chi connectivity index (χ3v) is 2.97. The molecule has 13 heavy (non-hydrogen) atoms. The topological polar surface area (TPSA) is 32.3 Å². The van der Waals surface area contributed by atoms with Gasteiger partial charge in [-0.05, 0) is 32.4 Å². The molecule has 0 atom stereocenters. The Bertz CT molecular complexity index is 231. The van der Waals surface area contributed by atoms with Crippen LogP contribution in [0.5, 0.6) is 0 Å². The lowest BCUT2D eigenvalue weighted by molar-refractivity contribution is -0.127. The summed E-state index contributed by atoms with van der Waals surface area (Å²) in [6, 6.07) is 0.466. The second-order valence-electron chi connectivity index (χ2n) is 3.83. The predicted octanol–water partition coefficient (Wildman–Crippen LogP) is 0.527. The average Bonchev–Trinajstić information content (AvgIpc) is 2.49. The highest BCUT2D eigenvalue weighted by molar-refractivity contribution is 5.95. The van der Waals surface area contributed by atoms with Gasteiger partial charge in [0.25, 0.3) is 0 Å². The lowest BCUT2D eigenvalue weighted by Gasteiger charge is -2.31. The van der Waals surface area contributed by atoms with Crippen LogP contribution in [0.1, 0.15) is 19.3 Å². The van der Waals surface area contributed by atoms with Gasteiger partial charge in [-0.2, -0.15) is 0 Å². The van der Waals surface area contributed by atoms with Gasteiger partial charge in [-0.1, -0.05) is 6.58 Å². The summed E-state index contributed by atoms with van der Waals surface area (Å²) >= 11 is 0. The number of carbonyl (C=O) groups excluding carboxylic acids is 1. The first-order valence-corrected chi connectivity index (χ1v) is 4.98. The smallest absolute Gasteiger partial charge is 0.249 e. The molecule has 0 aromatic carbocycles. The number of nitrogens with one attached hydrogen (secondary N) is 1. The monoisotopic (exact) mass is 180 g/mol. The van der Waals surface area contributed by atoms with E-state index in [0.29, 0.717) is 6.04 Å². The third-order valence-electron chi connectivity index (χ3n) is 2.97. The minimum atomic E-state index is 0.187. The zero-order valence-electron chi connectivity index (χ0n) is 7.88. The molecule has 2 aliphatic heterocycles. The average molecular weight is 180 g/mol. The Labute approximate surface area is 78.8 Å². The van der Waals surface area contributed by atoms with Crippen LogP contribution in [0.25, 0.3) is 0 Å². The molecule has 0 aromatic heterocycles. The van der Waals surface area contributed by atoms with Gasteiger partial charge < -0.3 is 10.2 Å². The minimum Gasteiger partial charge on any atom is -0.336 e. The standard InChI is InChI=1S/C10H16N2O/c1-8-4-7-12(10(8)13)9-2-5-11-6-3-9/h9,11H,1-7H2. The Hall–Kier alpha value is -0.830. The van der Waals surface area contributed by atoms with E-state index in [4.69, 9.17) is 0 Å². The molecule has 0 aliphatic carbocycles. The maximum absolute atomic E-state index is 11.6. The summed E-state index contributed by atoms with van der Waals surface area (Å²) in [5, 5.41) is 3.30. The van der Waals surface area contributed by atoms with Gasteiger partial charge in [0, 0.05) is 18.2 Å². The number of piperidine rings is 1. The number of amides is 1. The predicted molar refractivity (Wildman–Crippen MR) is 51.4 cm³/mol. The van der Waals surface area contributed by atoms with E-state index in [0.717, 1.165) is 44.5 Å². The maximum atomic E-state index is 11.6. The molecular weight excluding hydrogens is 164 g/mol. The van der Waals surface area contributed by atoms with E-state index in [1.165, 1.54) is 0 Å². The van der Waals surface area contributed by atoms with E-state index in [1.54, 1.807) is 0 Å². The van der Waals surface area contributed by atoms with Gasteiger partial charge in [0.05, 0.1) is 0 Å². The second-order valence-corrected chi connectivity index (χ2v) is 3.83. The summed E-state index contributed by atoms with van der Waals surface area (Å²) in [5.74, 6) is 0.187. The minimum absolute atomic E-state index is 0.187. The van der Waals surface area contributed by atoms with Crippen LogP contribution in [-0.4, -0.2) is 36.5 Å². The summed E-state index contributed by atoms with van der Waals surface area (Å²) < 4.78 is 0. The Morgan fingerprint density at radius 1 is 1.38 bits per heavy atom.